The van der Waals surface area contributed by atoms with Gasteiger partial charge in [0.05, 0.1) is 5.69 Å². The third-order valence-corrected chi connectivity index (χ3v) is 3.20. The molecule has 0 bridgehead atoms. The van der Waals surface area contributed by atoms with Crippen LogP contribution in [0.15, 0.2) is 60.7 Å². The summed E-state index contributed by atoms with van der Waals surface area (Å²) in [7, 11) is 0. The Labute approximate surface area is 118 Å². The average Bonchev–Trinajstić information content (AvgIpc) is 2.48. The van der Waals surface area contributed by atoms with Gasteiger partial charge >= 0.3 is 0 Å². The average molecular weight is 261 g/mol. The van der Waals surface area contributed by atoms with E-state index < -0.39 is 0 Å². The van der Waals surface area contributed by atoms with Gasteiger partial charge in [0, 0.05) is 17.2 Å². The van der Waals surface area contributed by atoms with Crippen molar-refractivity contribution in [2.24, 2.45) is 0 Å². The number of rotatable bonds is 2. The van der Waals surface area contributed by atoms with E-state index in [0.717, 1.165) is 22.4 Å². The predicted octanol–water partition coefficient (Wildman–Crippen LogP) is 3.70. The molecule has 98 valence electrons. The fourth-order valence-electron chi connectivity index (χ4n) is 2.17. The number of benzene rings is 2. The van der Waals surface area contributed by atoms with Gasteiger partial charge in [0.25, 0.3) is 0 Å². The fraction of sp³-hybridized carbons (Fsp3) is 0.0588. The van der Waals surface area contributed by atoms with Crippen molar-refractivity contribution in [3.8, 4) is 22.6 Å². The number of anilines is 1. The maximum absolute atomic E-state index is 5.93. The van der Waals surface area contributed by atoms with E-state index in [-0.39, 0.29) is 0 Å². The van der Waals surface area contributed by atoms with E-state index in [1.165, 1.54) is 0 Å². The first-order chi connectivity index (χ1) is 9.74. The molecule has 0 saturated heterocycles. The van der Waals surface area contributed by atoms with Crippen LogP contribution < -0.4 is 5.73 Å². The summed E-state index contributed by atoms with van der Waals surface area (Å²) < 4.78 is 0. The highest BCUT2D eigenvalue weighted by Gasteiger charge is 2.08. The lowest BCUT2D eigenvalue weighted by atomic mass is 10.1. The second-order valence-electron chi connectivity index (χ2n) is 4.68. The highest BCUT2D eigenvalue weighted by Crippen LogP contribution is 2.24. The molecule has 0 saturated carbocycles. The fourth-order valence-corrected chi connectivity index (χ4v) is 2.17. The molecule has 0 unspecified atom stereocenters. The summed E-state index contributed by atoms with van der Waals surface area (Å²) >= 11 is 0. The molecule has 3 aromatic rings. The maximum atomic E-state index is 5.93. The van der Waals surface area contributed by atoms with Gasteiger partial charge in [-0.2, -0.15) is 0 Å². The smallest absolute Gasteiger partial charge is 0.162 e. The quantitative estimate of drug-likeness (QED) is 0.765. The number of hydrogen-bond acceptors (Lipinski definition) is 3. The van der Waals surface area contributed by atoms with E-state index in [4.69, 9.17) is 5.73 Å². The molecule has 0 aliphatic rings. The normalized spacial score (nSPS) is 10.4. The minimum atomic E-state index is 0.483. The highest BCUT2D eigenvalue weighted by molar-refractivity contribution is 5.68. The minimum absolute atomic E-state index is 0.483. The minimum Gasteiger partial charge on any atom is -0.384 e. The van der Waals surface area contributed by atoms with E-state index in [1.54, 1.807) is 6.07 Å². The molecule has 0 fully saturated rings. The van der Waals surface area contributed by atoms with Crippen LogP contribution in [-0.4, -0.2) is 9.97 Å². The molecule has 0 atom stereocenters. The lowest BCUT2D eigenvalue weighted by Gasteiger charge is -2.08. The Kier molecular flexibility index (Phi) is 3.17. The van der Waals surface area contributed by atoms with Gasteiger partial charge in [-0.1, -0.05) is 54.6 Å². The second-order valence-corrected chi connectivity index (χ2v) is 4.68. The van der Waals surface area contributed by atoms with Gasteiger partial charge in [0.15, 0.2) is 5.82 Å². The van der Waals surface area contributed by atoms with Gasteiger partial charge in [0.2, 0.25) is 0 Å². The highest BCUT2D eigenvalue weighted by atomic mass is 14.9. The molecule has 2 aromatic carbocycles. The molecule has 0 radical (unpaired) electrons. The standard InChI is InChI=1S/C17H15N3/c1-12-7-5-6-10-14(12)17-19-15(11-16(18)20-17)13-8-3-2-4-9-13/h2-11H,1H3,(H2,18,19,20). The lowest BCUT2D eigenvalue weighted by molar-refractivity contribution is 1.18. The van der Waals surface area contributed by atoms with Crippen LogP contribution in [0.3, 0.4) is 0 Å². The lowest BCUT2D eigenvalue weighted by Crippen LogP contribution is -1.98. The SMILES string of the molecule is Cc1ccccc1-c1nc(N)cc(-c2ccccc2)n1. The van der Waals surface area contributed by atoms with Crippen molar-refractivity contribution in [3.05, 3.63) is 66.2 Å². The number of nitrogens with zero attached hydrogens (tertiary/aromatic N) is 2. The van der Waals surface area contributed by atoms with Gasteiger partial charge in [-0.25, -0.2) is 9.97 Å². The largest absolute Gasteiger partial charge is 0.384 e. The first kappa shape index (κ1) is 12.4. The number of hydrogen-bond donors (Lipinski definition) is 1. The molecule has 1 heterocycles. The van der Waals surface area contributed by atoms with Gasteiger partial charge < -0.3 is 5.73 Å². The number of aromatic nitrogens is 2. The first-order valence-corrected chi connectivity index (χ1v) is 6.50. The van der Waals surface area contributed by atoms with Gasteiger partial charge in [-0.3, -0.25) is 0 Å². The van der Waals surface area contributed by atoms with Crippen molar-refractivity contribution >= 4 is 5.82 Å². The van der Waals surface area contributed by atoms with E-state index in [9.17, 15) is 0 Å². The first-order valence-electron chi connectivity index (χ1n) is 6.50. The van der Waals surface area contributed by atoms with Crippen molar-refractivity contribution in [1.29, 1.82) is 0 Å². The summed E-state index contributed by atoms with van der Waals surface area (Å²) in [5.74, 6) is 1.15. The Hall–Kier alpha value is -2.68. The van der Waals surface area contributed by atoms with Crippen LogP contribution in [0.25, 0.3) is 22.6 Å². The Balaban J connectivity index is 2.15. The Morgan fingerprint density at radius 3 is 2.30 bits per heavy atom. The molecule has 2 N–H and O–H groups in total. The molecule has 3 heteroatoms. The van der Waals surface area contributed by atoms with Crippen molar-refractivity contribution in [2.45, 2.75) is 6.92 Å². The zero-order valence-electron chi connectivity index (χ0n) is 11.2. The Bertz CT molecular complexity index is 736. The van der Waals surface area contributed by atoms with Gasteiger partial charge in [0.1, 0.15) is 5.82 Å². The summed E-state index contributed by atoms with van der Waals surface area (Å²) in [6.07, 6.45) is 0. The zero-order chi connectivity index (χ0) is 13.9. The molecule has 0 aliphatic carbocycles. The maximum Gasteiger partial charge on any atom is 0.162 e. The Morgan fingerprint density at radius 1 is 0.850 bits per heavy atom. The van der Waals surface area contributed by atoms with Crippen molar-refractivity contribution in [2.75, 3.05) is 5.73 Å². The molecule has 3 nitrogen and oxygen atoms in total. The number of aryl methyl sites for hydroxylation is 1. The van der Waals surface area contributed by atoms with E-state index in [2.05, 4.69) is 9.97 Å². The number of nitrogens with two attached hydrogens (primary N) is 1. The molecule has 0 aliphatic heterocycles. The summed E-state index contributed by atoms with van der Waals surface area (Å²) in [5, 5.41) is 0. The summed E-state index contributed by atoms with van der Waals surface area (Å²) in [6.45, 7) is 2.05. The molecule has 3 rings (SSSR count). The Morgan fingerprint density at radius 2 is 1.55 bits per heavy atom. The van der Waals surface area contributed by atoms with Crippen molar-refractivity contribution < 1.29 is 0 Å². The van der Waals surface area contributed by atoms with E-state index in [0.29, 0.717) is 11.6 Å². The molecular weight excluding hydrogens is 246 g/mol. The monoisotopic (exact) mass is 261 g/mol. The van der Waals surface area contributed by atoms with Crippen LogP contribution in [0, 0.1) is 6.92 Å². The van der Waals surface area contributed by atoms with Gasteiger partial charge in [-0.05, 0) is 12.5 Å². The zero-order valence-corrected chi connectivity index (χ0v) is 11.2. The third-order valence-electron chi connectivity index (χ3n) is 3.20. The van der Waals surface area contributed by atoms with Crippen LogP contribution in [-0.2, 0) is 0 Å². The molecule has 0 amide bonds. The topological polar surface area (TPSA) is 51.8 Å². The third kappa shape index (κ3) is 2.38. The van der Waals surface area contributed by atoms with Crippen molar-refractivity contribution in [3.63, 3.8) is 0 Å². The van der Waals surface area contributed by atoms with Crippen LogP contribution >= 0.6 is 0 Å². The van der Waals surface area contributed by atoms with Gasteiger partial charge in [-0.15, -0.1) is 0 Å². The second kappa shape index (κ2) is 5.13. The summed E-state index contributed by atoms with van der Waals surface area (Å²) in [6, 6.07) is 19.8. The van der Waals surface area contributed by atoms with Crippen LogP contribution in [0.5, 0.6) is 0 Å². The predicted molar refractivity (Wildman–Crippen MR) is 82.1 cm³/mol. The molecule has 1 aromatic heterocycles. The summed E-state index contributed by atoms with van der Waals surface area (Å²) in [4.78, 5) is 9.00. The molecule has 0 spiro atoms. The van der Waals surface area contributed by atoms with Crippen LogP contribution in [0.2, 0.25) is 0 Å². The molecule has 20 heavy (non-hydrogen) atoms. The molecular formula is C17H15N3. The van der Waals surface area contributed by atoms with E-state index in [1.807, 2.05) is 61.5 Å². The van der Waals surface area contributed by atoms with Crippen LogP contribution in [0.1, 0.15) is 5.56 Å². The number of nitrogen functional groups attached to an aromatic ring is 1. The van der Waals surface area contributed by atoms with E-state index >= 15 is 0 Å². The summed E-state index contributed by atoms with van der Waals surface area (Å²) in [5.41, 5.74) is 9.96. The van der Waals surface area contributed by atoms with Crippen molar-refractivity contribution in [1.82, 2.24) is 9.97 Å². The van der Waals surface area contributed by atoms with Crippen LogP contribution in [0.4, 0.5) is 5.82 Å².